The molecule has 0 bridgehead atoms. The highest BCUT2D eigenvalue weighted by Crippen LogP contribution is 2.26. The quantitative estimate of drug-likeness (QED) is 0.825. The number of carbonyl (C=O) groups is 1. The SMILES string of the molecule is C[C@H](NC(=O)COc1ccc(Cl)c(Cl)c1)c1ccccc1Cl. The largest absolute Gasteiger partial charge is 0.484 e. The molecule has 116 valence electrons. The third kappa shape index (κ3) is 4.54. The standard InChI is InChI=1S/C16H14Cl3NO2/c1-10(12-4-2-3-5-13(12)17)20-16(21)9-22-11-6-7-14(18)15(19)8-11/h2-8,10H,9H2,1H3,(H,20,21)/t10-/m0/s1. The molecule has 2 aromatic carbocycles. The summed E-state index contributed by atoms with van der Waals surface area (Å²) in [5.74, 6) is 0.230. The van der Waals surface area contributed by atoms with Crippen LogP contribution in [0.3, 0.4) is 0 Å². The zero-order valence-electron chi connectivity index (χ0n) is 11.8. The maximum Gasteiger partial charge on any atom is 0.258 e. The number of halogens is 3. The van der Waals surface area contributed by atoms with Crippen LogP contribution < -0.4 is 10.1 Å². The Morgan fingerprint density at radius 2 is 1.82 bits per heavy atom. The Morgan fingerprint density at radius 1 is 1.09 bits per heavy atom. The monoisotopic (exact) mass is 357 g/mol. The molecule has 0 heterocycles. The summed E-state index contributed by atoms with van der Waals surface area (Å²) in [4.78, 5) is 11.9. The Bertz CT molecular complexity index is 676. The van der Waals surface area contributed by atoms with Gasteiger partial charge in [-0.3, -0.25) is 4.79 Å². The van der Waals surface area contributed by atoms with Crippen molar-refractivity contribution in [3.8, 4) is 5.75 Å². The highest BCUT2D eigenvalue weighted by Gasteiger charge is 2.12. The van der Waals surface area contributed by atoms with E-state index in [1.54, 1.807) is 24.3 Å². The van der Waals surface area contributed by atoms with E-state index in [-0.39, 0.29) is 18.6 Å². The second-order valence-corrected chi connectivity index (χ2v) is 5.90. The maximum atomic E-state index is 11.9. The minimum absolute atomic E-state index is 0.118. The van der Waals surface area contributed by atoms with Gasteiger partial charge in [-0.2, -0.15) is 0 Å². The van der Waals surface area contributed by atoms with Gasteiger partial charge >= 0.3 is 0 Å². The molecule has 0 spiro atoms. The smallest absolute Gasteiger partial charge is 0.258 e. The summed E-state index contributed by atoms with van der Waals surface area (Å²) in [6.45, 7) is 1.74. The number of hydrogen-bond acceptors (Lipinski definition) is 2. The van der Waals surface area contributed by atoms with Gasteiger partial charge in [0, 0.05) is 11.1 Å². The molecule has 6 heteroatoms. The van der Waals surface area contributed by atoms with Crippen molar-refractivity contribution >= 4 is 40.7 Å². The van der Waals surface area contributed by atoms with Crippen LogP contribution in [0, 0.1) is 0 Å². The highest BCUT2D eigenvalue weighted by atomic mass is 35.5. The van der Waals surface area contributed by atoms with Crippen molar-refractivity contribution < 1.29 is 9.53 Å². The van der Waals surface area contributed by atoms with Crippen LogP contribution in [0.4, 0.5) is 0 Å². The second kappa shape index (κ2) is 7.73. The lowest BCUT2D eigenvalue weighted by atomic mass is 10.1. The fourth-order valence-corrected chi connectivity index (χ4v) is 2.49. The van der Waals surface area contributed by atoms with Crippen LogP contribution in [0.2, 0.25) is 15.1 Å². The summed E-state index contributed by atoms with van der Waals surface area (Å²) in [6, 6.07) is 12.0. The number of amides is 1. The number of carbonyl (C=O) groups excluding carboxylic acids is 1. The van der Waals surface area contributed by atoms with E-state index < -0.39 is 0 Å². The average molecular weight is 359 g/mol. The first kappa shape index (κ1) is 16.9. The van der Waals surface area contributed by atoms with Gasteiger partial charge in [-0.25, -0.2) is 0 Å². The van der Waals surface area contributed by atoms with Crippen molar-refractivity contribution in [2.24, 2.45) is 0 Å². The van der Waals surface area contributed by atoms with E-state index in [4.69, 9.17) is 39.5 Å². The number of ether oxygens (including phenoxy) is 1. The fraction of sp³-hybridized carbons (Fsp3) is 0.188. The molecule has 22 heavy (non-hydrogen) atoms. The molecular weight excluding hydrogens is 345 g/mol. The summed E-state index contributed by atoms with van der Waals surface area (Å²) in [6.07, 6.45) is 0. The molecule has 2 rings (SSSR count). The summed E-state index contributed by atoms with van der Waals surface area (Å²) >= 11 is 17.8. The maximum absolute atomic E-state index is 11.9. The van der Waals surface area contributed by atoms with E-state index in [1.807, 2.05) is 25.1 Å². The molecule has 0 saturated heterocycles. The Hall–Kier alpha value is -1.42. The van der Waals surface area contributed by atoms with E-state index in [0.717, 1.165) is 5.56 Å². The second-order valence-electron chi connectivity index (χ2n) is 4.68. The predicted molar refractivity (Wildman–Crippen MR) is 90.0 cm³/mol. The molecule has 0 aliphatic rings. The van der Waals surface area contributed by atoms with Crippen LogP contribution >= 0.6 is 34.8 Å². The Balaban J connectivity index is 1.90. The normalized spacial score (nSPS) is 11.8. The molecule has 0 saturated carbocycles. The minimum atomic E-state index is -0.251. The Labute approximate surface area is 144 Å². The van der Waals surface area contributed by atoms with Gasteiger partial charge in [-0.15, -0.1) is 0 Å². The first-order chi connectivity index (χ1) is 10.5. The van der Waals surface area contributed by atoms with Gasteiger partial charge in [0.15, 0.2) is 6.61 Å². The molecule has 1 N–H and O–H groups in total. The molecular formula is C16H14Cl3NO2. The summed E-state index contributed by atoms with van der Waals surface area (Å²) in [5.41, 5.74) is 0.854. The lowest BCUT2D eigenvalue weighted by Gasteiger charge is -2.16. The third-order valence-electron chi connectivity index (χ3n) is 3.01. The fourth-order valence-electron chi connectivity index (χ4n) is 1.90. The molecule has 0 aromatic heterocycles. The van der Waals surface area contributed by atoms with Gasteiger partial charge in [-0.05, 0) is 30.7 Å². The Morgan fingerprint density at radius 3 is 2.50 bits per heavy atom. The van der Waals surface area contributed by atoms with Crippen LogP contribution in [-0.2, 0) is 4.79 Å². The first-order valence-corrected chi connectivity index (χ1v) is 7.72. The predicted octanol–water partition coefficient (Wildman–Crippen LogP) is 4.90. The number of benzene rings is 2. The highest BCUT2D eigenvalue weighted by molar-refractivity contribution is 6.42. The van der Waals surface area contributed by atoms with E-state index in [9.17, 15) is 4.79 Å². The van der Waals surface area contributed by atoms with Crippen molar-refractivity contribution in [1.29, 1.82) is 0 Å². The van der Waals surface area contributed by atoms with E-state index in [1.165, 1.54) is 0 Å². The van der Waals surface area contributed by atoms with Gasteiger partial charge in [0.05, 0.1) is 16.1 Å². The number of hydrogen-bond donors (Lipinski definition) is 1. The van der Waals surface area contributed by atoms with E-state index >= 15 is 0 Å². The summed E-state index contributed by atoms with van der Waals surface area (Å²) in [7, 11) is 0. The third-order valence-corrected chi connectivity index (χ3v) is 4.09. The van der Waals surface area contributed by atoms with Crippen LogP contribution in [0.1, 0.15) is 18.5 Å². The zero-order valence-corrected chi connectivity index (χ0v) is 14.0. The average Bonchev–Trinajstić information content (AvgIpc) is 2.49. The van der Waals surface area contributed by atoms with Gasteiger partial charge in [0.25, 0.3) is 5.91 Å². The van der Waals surface area contributed by atoms with Crippen LogP contribution in [-0.4, -0.2) is 12.5 Å². The molecule has 2 aromatic rings. The molecule has 0 aliphatic heterocycles. The van der Waals surface area contributed by atoms with Gasteiger partial charge in [0.1, 0.15) is 5.75 Å². The number of rotatable bonds is 5. The van der Waals surface area contributed by atoms with Crippen LogP contribution in [0.5, 0.6) is 5.75 Å². The number of nitrogens with one attached hydrogen (secondary N) is 1. The molecule has 0 unspecified atom stereocenters. The molecule has 0 radical (unpaired) electrons. The molecule has 0 aliphatic carbocycles. The van der Waals surface area contributed by atoms with Gasteiger partial charge in [-0.1, -0.05) is 53.0 Å². The summed E-state index contributed by atoms with van der Waals surface area (Å²) in [5, 5.41) is 4.25. The van der Waals surface area contributed by atoms with E-state index in [2.05, 4.69) is 5.32 Å². The van der Waals surface area contributed by atoms with Crippen molar-refractivity contribution in [2.75, 3.05) is 6.61 Å². The minimum Gasteiger partial charge on any atom is -0.484 e. The summed E-state index contributed by atoms with van der Waals surface area (Å²) < 4.78 is 5.38. The van der Waals surface area contributed by atoms with E-state index in [0.29, 0.717) is 20.8 Å². The molecule has 1 atom stereocenters. The van der Waals surface area contributed by atoms with Crippen molar-refractivity contribution in [2.45, 2.75) is 13.0 Å². The lowest BCUT2D eigenvalue weighted by Crippen LogP contribution is -2.31. The first-order valence-electron chi connectivity index (χ1n) is 6.59. The molecule has 0 fully saturated rings. The van der Waals surface area contributed by atoms with Gasteiger partial charge in [0.2, 0.25) is 0 Å². The van der Waals surface area contributed by atoms with Crippen LogP contribution in [0.15, 0.2) is 42.5 Å². The zero-order chi connectivity index (χ0) is 16.1. The van der Waals surface area contributed by atoms with Crippen molar-refractivity contribution in [3.05, 3.63) is 63.1 Å². The van der Waals surface area contributed by atoms with Gasteiger partial charge < -0.3 is 10.1 Å². The van der Waals surface area contributed by atoms with Crippen molar-refractivity contribution in [1.82, 2.24) is 5.32 Å². The lowest BCUT2D eigenvalue weighted by molar-refractivity contribution is -0.123. The van der Waals surface area contributed by atoms with Crippen LogP contribution in [0.25, 0.3) is 0 Å². The topological polar surface area (TPSA) is 38.3 Å². The van der Waals surface area contributed by atoms with Crippen molar-refractivity contribution in [3.63, 3.8) is 0 Å². The molecule has 3 nitrogen and oxygen atoms in total. The Kier molecular flexibility index (Phi) is 5.95. The molecule has 1 amide bonds.